The number of pyridine rings is 1. The summed E-state index contributed by atoms with van der Waals surface area (Å²) in [5.41, 5.74) is 4.47. The second kappa shape index (κ2) is 10.2. The number of aromatic nitrogens is 1. The van der Waals surface area contributed by atoms with E-state index >= 15 is 0 Å². The lowest BCUT2D eigenvalue weighted by Crippen LogP contribution is -3.11. The van der Waals surface area contributed by atoms with Crippen molar-refractivity contribution >= 4 is 5.91 Å². The molecule has 1 aliphatic heterocycles. The average Bonchev–Trinajstić information content (AvgIpc) is 2.81. The molecular weight excluding hydrogens is 370 g/mol. The van der Waals surface area contributed by atoms with Crippen LogP contribution in [-0.2, 0) is 19.5 Å². The molecule has 1 amide bonds. The van der Waals surface area contributed by atoms with Crippen molar-refractivity contribution in [2.45, 2.75) is 32.4 Å². The lowest BCUT2D eigenvalue weighted by Gasteiger charge is -2.29. The second-order valence-electron chi connectivity index (χ2n) is 8.30. The molecule has 4 rings (SSSR count). The first-order chi connectivity index (χ1) is 14.8. The summed E-state index contributed by atoms with van der Waals surface area (Å²) < 4.78 is 0. The van der Waals surface area contributed by atoms with Crippen molar-refractivity contribution in [3.63, 3.8) is 0 Å². The van der Waals surface area contributed by atoms with E-state index < -0.39 is 0 Å². The molecule has 1 aromatic heterocycles. The Morgan fingerprint density at radius 2 is 1.63 bits per heavy atom. The van der Waals surface area contributed by atoms with Gasteiger partial charge in [-0.2, -0.15) is 0 Å². The van der Waals surface area contributed by atoms with Crippen LogP contribution < -0.4 is 10.2 Å². The molecule has 0 unspecified atom stereocenters. The fraction of sp³-hybridized carbons (Fsp3) is 0.308. The molecule has 154 valence electrons. The number of amides is 1. The van der Waals surface area contributed by atoms with Crippen LogP contribution in [-0.4, -0.2) is 24.0 Å². The van der Waals surface area contributed by atoms with Gasteiger partial charge >= 0.3 is 0 Å². The molecule has 2 heterocycles. The third-order valence-electron chi connectivity index (χ3n) is 6.03. The summed E-state index contributed by atoms with van der Waals surface area (Å²) in [5.74, 6) is 0.765. The van der Waals surface area contributed by atoms with Gasteiger partial charge in [0.1, 0.15) is 6.54 Å². The molecule has 1 saturated heterocycles. The first-order valence-corrected chi connectivity index (χ1v) is 10.9. The number of hydrogen-bond donors (Lipinski definition) is 2. The zero-order chi connectivity index (χ0) is 20.6. The molecule has 1 fully saturated rings. The minimum absolute atomic E-state index is 0.0422. The smallest absolute Gasteiger partial charge is 0.251 e. The molecule has 4 nitrogen and oxygen atoms in total. The summed E-state index contributed by atoms with van der Waals surface area (Å²) in [6.45, 7) is 3.99. The van der Waals surface area contributed by atoms with Crippen LogP contribution in [0.4, 0.5) is 0 Å². The van der Waals surface area contributed by atoms with Crippen molar-refractivity contribution in [1.82, 2.24) is 10.3 Å². The average molecular weight is 401 g/mol. The van der Waals surface area contributed by atoms with Crippen molar-refractivity contribution in [2.24, 2.45) is 5.92 Å². The normalized spacial score (nSPS) is 18.7. The maximum absolute atomic E-state index is 12.4. The lowest BCUT2D eigenvalue weighted by molar-refractivity contribution is -0.919. The predicted octanol–water partition coefficient (Wildman–Crippen LogP) is 3.05. The van der Waals surface area contributed by atoms with Gasteiger partial charge in [-0.15, -0.1) is 0 Å². The Balaban J connectivity index is 1.22. The molecule has 3 aromatic rings. The molecule has 1 aliphatic rings. The highest BCUT2D eigenvalue weighted by molar-refractivity contribution is 5.94. The van der Waals surface area contributed by atoms with Crippen molar-refractivity contribution in [3.05, 3.63) is 101 Å². The Morgan fingerprint density at radius 1 is 0.900 bits per heavy atom. The third kappa shape index (κ3) is 5.77. The van der Waals surface area contributed by atoms with E-state index in [4.69, 9.17) is 0 Å². The zero-order valence-corrected chi connectivity index (χ0v) is 17.4. The van der Waals surface area contributed by atoms with Gasteiger partial charge in [-0.25, -0.2) is 0 Å². The van der Waals surface area contributed by atoms with Gasteiger partial charge < -0.3 is 10.2 Å². The van der Waals surface area contributed by atoms with E-state index in [9.17, 15) is 4.79 Å². The summed E-state index contributed by atoms with van der Waals surface area (Å²) in [4.78, 5) is 18.1. The van der Waals surface area contributed by atoms with Crippen LogP contribution in [0.3, 0.4) is 0 Å². The number of piperidine rings is 1. The minimum atomic E-state index is -0.0422. The van der Waals surface area contributed by atoms with Gasteiger partial charge in [0.25, 0.3) is 5.91 Å². The largest absolute Gasteiger partial charge is 0.348 e. The molecule has 0 spiro atoms. The molecule has 30 heavy (non-hydrogen) atoms. The van der Waals surface area contributed by atoms with E-state index in [1.165, 1.54) is 43.5 Å². The Kier molecular flexibility index (Phi) is 6.88. The fourth-order valence-electron chi connectivity index (χ4n) is 4.26. The van der Waals surface area contributed by atoms with Gasteiger partial charge in [-0.1, -0.05) is 48.5 Å². The number of rotatable bonds is 7. The molecular formula is C26H30N3O+. The maximum Gasteiger partial charge on any atom is 0.251 e. The van der Waals surface area contributed by atoms with Gasteiger partial charge in [0.05, 0.1) is 13.1 Å². The monoisotopic (exact) mass is 400 g/mol. The van der Waals surface area contributed by atoms with E-state index in [1.54, 1.807) is 17.3 Å². The number of nitrogens with one attached hydrogen (secondary N) is 2. The fourth-order valence-corrected chi connectivity index (χ4v) is 4.26. The van der Waals surface area contributed by atoms with Crippen LogP contribution in [0.25, 0.3) is 0 Å². The van der Waals surface area contributed by atoms with Crippen molar-refractivity contribution in [2.75, 3.05) is 13.1 Å². The third-order valence-corrected chi connectivity index (χ3v) is 6.03. The highest BCUT2D eigenvalue weighted by Crippen LogP contribution is 2.16. The van der Waals surface area contributed by atoms with E-state index in [0.29, 0.717) is 12.1 Å². The van der Waals surface area contributed by atoms with Gasteiger partial charge in [0.15, 0.2) is 0 Å². The highest BCUT2D eigenvalue weighted by atomic mass is 16.1. The number of quaternary nitrogens is 1. The number of likely N-dealkylation sites (tertiary alicyclic amines) is 1. The number of carbonyl (C=O) groups is 1. The van der Waals surface area contributed by atoms with Crippen LogP contribution in [0.5, 0.6) is 0 Å². The van der Waals surface area contributed by atoms with Crippen LogP contribution >= 0.6 is 0 Å². The predicted molar refractivity (Wildman–Crippen MR) is 119 cm³/mol. The Labute approximate surface area is 179 Å². The Hall–Kier alpha value is -2.98. The number of nitrogens with zero attached hydrogens (tertiary/aromatic N) is 1. The summed E-state index contributed by atoms with van der Waals surface area (Å²) >= 11 is 0. The van der Waals surface area contributed by atoms with Crippen molar-refractivity contribution < 1.29 is 9.69 Å². The molecule has 4 heteroatoms. The Morgan fingerprint density at radius 3 is 2.33 bits per heavy atom. The standard InChI is InChI=1S/C26H29N3O/c30-26(28-19-24-7-4-14-27-18-24)25-10-8-23(9-11-25)20-29-15-12-22(13-16-29)17-21-5-2-1-3-6-21/h1-11,14,18,22H,12-13,15-17,19-20H2,(H,28,30)/p+1. The highest BCUT2D eigenvalue weighted by Gasteiger charge is 2.22. The number of carbonyl (C=O) groups excluding carboxylic acids is 1. The molecule has 0 bridgehead atoms. The van der Waals surface area contributed by atoms with Gasteiger partial charge in [-0.05, 0) is 54.5 Å². The van der Waals surface area contributed by atoms with Gasteiger partial charge in [0, 0.05) is 30.1 Å². The number of benzene rings is 2. The van der Waals surface area contributed by atoms with Gasteiger partial charge in [0.2, 0.25) is 0 Å². The molecule has 0 atom stereocenters. The van der Waals surface area contributed by atoms with Gasteiger partial charge in [-0.3, -0.25) is 9.78 Å². The molecule has 2 aromatic carbocycles. The summed E-state index contributed by atoms with van der Waals surface area (Å²) in [6, 6.07) is 22.8. The molecule has 0 radical (unpaired) electrons. The minimum Gasteiger partial charge on any atom is -0.348 e. The van der Waals surface area contributed by atoms with E-state index in [2.05, 4.69) is 52.8 Å². The first-order valence-electron chi connectivity index (χ1n) is 10.9. The van der Waals surface area contributed by atoms with Crippen molar-refractivity contribution in [1.29, 1.82) is 0 Å². The topological polar surface area (TPSA) is 46.4 Å². The number of hydrogen-bond acceptors (Lipinski definition) is 2. The van der Waals surface area contributed by atoms with Crippen molar-refractivity contribution in [3.8, 4) is 0 Å². The Bertz CT molecular complexity index is 918. The van der Waals surface area contributed by atoms with Crippen LogP contribution in [0.15, 0.2) is 79.1 Å². The second-order valence-corrected chi connectivity index (χ2v) is 8.30. The first kappa shape index (κ1) is 20.3. The molecule has 0 saturated carbocycles. The molecule has 0 aliphatic carbocycles. The quantitative estimate of drug-likeness (QED) is 0.640. The SMILES string of the molecule is O=C(NCc1cccnc1)c1ccc(C[NH+]2CCC(Cc3ccccc3)CC2)cc1. The van der Waals surface area contributed by atoms with E-state index in [-0.39, 0.29) is 5.91 Å². The summed E-state index contributed by atoms with van der Waals surface area (Å²) in [5, 5.41) is 2.96. The van der Waals surface area contributed by atoms with E-state index in [0.717, 1.165) is 18.0 Å². The van der Waals surface area contributed by atoms with E-state index in [1.807, 2.05) is 24.3 Å². The molecule has 2 N–H and O–H groups in total. The van der Waals surface area contributed by atoms with Crippen LogP contribution in [0.1, 0.15) is 39.9 Å². The maximum atomic E-state index is 12.4. The lowest BCUT2D eigenvalue weighted by atomic mass is 9.90. The summed E-state index contributed by atoms with van der Waals surface area (Å²) in [6.07, 6.45) is 7.29. The van der Waals surface area contributed by atoms with Crippen LogP contribution in [0.2, 0.25) is 0 Å². The summed E-state index contributed by atoms with van der Waals surface area (Å²) in [7, 11) is 0. The zero-order valence-electron chi connectivity index (χ0n) is 17.4. The van der Waals surface area contributed by atoms with Crippen LogP contribution in [0, 0.1) is 5.92 Å².